The molecule has 31 heavy (non-hydrogen) atoms. The first-order chi connectivity index (χ1) is 14.9. The van der Waals surface area contributed by atoms with Crippen molar-refractivity contribution in [1.82, 2.24) is 9.97 Å². The summed E-state index contributed by atoms with van der Waals surface area (Å²) >= 11 is 1.10. The molecule has 2 aromatic heterocycles. The third-order valence-corrected chi connectivity index (χ3v) is 6.13. The van der Waals surface area contributed by atoms with Crippen molar-refractivity contribution in [2.24, 2.45) is 0 Å². The smallest absolute Gasteiger partial charge is 0.350 e. The second kappa shape index (κ2) is 8.28. The van der Waals surface area contributed by atoms with E-state index in [1.807, 2.05) is 62.4 Å². The van der Waals surface area contributed by atoms with Gasteiger partial charge in [-0.2, -0.15) is 0 Å². The zero-order valence-electron chi connectivity index (χ0n) is 17.6. The van der Waals surface area contributed by atoms with Gasteiger partial charge in [-0.05, 0) is 32.4 Å². The fourth-order valence-electron chi connectivity index (χ4n) is 3.48. The van der Waals surface area contributed by atoms with E-state index in [0.29, 0.717) is 21.3 Å². The molecule has 0 spiro atoms. The van der Waals surface area contributed by atoms with Crippen molar-refractivity contribution in [1.29, 1.82) is 0 Å². The number of rotatable bonds is 4. The molecule has 4 rings (SSSR count). The number of para-hydroxylation sites is 1. The van der Waals surface area contributed by atoms with Crippen molar-refractivity contribution in [3.63, 3.8) is 0 Å². The van der Waals surface area contributed by atoms with Gasteiger partial charge in [-0.1, -0.05) is 59.4 Å². The summed E-state index contributed by atoms with van der Waals surface area (Å²) in [4.78, 5) is 34.8. The number of carbonyl (C=O) groups is 2. The van der Waals surface area contributed by atoms with Crippen LogP contribution in [0.3, 0.4) is 0 Å². The van der Waals surface area contributed by atoms with Crippen LogP contribution in [0.1, 0.15) is 36.9 Å². The van der Waals surface area contributed by atoms with Crippen molar-refractivity contribution in [3.8, 4) is 11.3 Å². The molecule has 0 fully saturated rings. The van der Waals surface area contributed by atoms with Gasteiger partial charge in [-0.3, -0.25) is 10.1 Å². The van der Waals surface area contributed by atoms with Crippen LogP contribution in [0.4, 0.5) is 5.13 Å². The Labute approximate surface area is 183 Å². The number of carbonyl (C=O) groups excluding carboxylic acids is 2. The number of nitrogens with zero attached hydrogens (tertiary/aromatic N) is 2. The average molecular weight is 432 g/mol. The molecule has 0 unspecified atom stereocenters. The Hall–Kier alpha value is -3.58. The second-order valence-corrected chi connectivity index (χ2v) is 8.22. The third-order valence-electron chi connectivity index (χ3n) is 5.08. The zero-order valence-corrected chi connectivity index (χ0v) is 18.5. The Kier molecular flexibility index (Phi) is 5.52. The number of nitrogens with one attached hydrogen (secondary N) is 1. The highest BCUT2D eigenvalue weighted by Crippen LogP contribution is 2.31. The third kappa shape index (κ3) is 3.92. The van der Waals surface area contributed by atoms with Crippen molar-refractivity contribution in [2.75, 3.05) is 12.4 Å². The summed E-state index contributed by atoms with van der Waals surface area (Å²) in [6, 6.07) is 15.6. The summed E-state index contributed by atoms with van der Waals surface area (Å²) < 4.78 is 4.78. The number of methoxy groups -OCH3 is 1. The monoisotopic (exact) mass is 431 g/mol. The maximum Gasteiger partial charge on any atom is 0.350 e. The van der Waals surface area contributed by atoms with E-state index in [2.05, 4.69) is 10.3 Å². The molecule has 0 radical (unpaired) electrons. The molecule has 0 atom stereocenters. The van der Waals surface area contributed by atoms with Crippen LogP contribution in [0, 0.1) is 20.8 Å². The number of anilines is 1. The van der Waals surface area contributed by atoms with Crippen molar-refractivity contribution < 1.29 is 14.3 Å². The number of ether oxygens (including phenoxy) is 1. The van der Waals surface area contributed by atoms with E-state index in [-0.39, 0.29) is 5.91 Å². The van der Waals surface area contributed by atoms with Crippen LogP contribution in [-0.4, -0.2) is 29.0 Å². The van der Waals surface area contributed by atoms with Gasteiger partial charge >= 0.3 is 5.97 Å². The Morgan fingerprint density at radius 3 is 2.39 bits per heavy atom. The molecule has 1 N–H and O–H groups in total. The maximum absolute atomic E-state index is 13.4. The van der Waals surface area contributed by atoms with Gasteiger partial charge in [-0.15, -0.1) is 0 Å². The SMILES string of the molecule is COC(=O)c1sc(NC(=O)c2c(C)c(-c3ccc(C)cc3)nc3ccccc23)nc1C. The second-order valence-electron chi connectivity index (χ2n) is 7.22. The molecular formula is C24H21N3O3S. The van der Waals surface area contributed by atoms with E-state index in [1.54, 1.807) is 6.92 Å². The van der Waals surface area contributed by atoms with E-state index in [9.17, 15) is 9.59 Å². The number of thiazole rings is 1. The van der Waals surface area contributed by atoms with Crippen LogP contribution >= 0.6 is 11.3 Å². The van der Waals surface area contributed by atoms with Crippen LogP contribution < -0.4 is 5.32 Å². The number of benzene rings is 2. The standard InChI is InChI=1S/C24H21N3O3S/c1-13-9-11-16(12-10-13)20-14(2)19(17-7-5-6-8-18(17)26-20)22(28)27-24-25-15(3)21(31-24)23(29)30-4/h5-12H,1-4H3,(H,25,27,28). The highest BCUT2D eigenvalue weighted by molar-refractivity contribution is 7.17. The molecule has 2 aromatic carbocycles. The molecule has 156 valence electrons. The Balaban J connectivity index is 1.81. The molecule has 7 heteroatoms. The topological polar surface area (TPSA) is 81.2 Å². The molecule has 6 nitrogen and oxygen atoms in total. The quantitative estimate of drug-likeness (QED) is 0.442. The first-order valence-electron chi connectivity index (χ1n) is 9.72. The van der Waals surface area contributed by atoms with Gasteiger partial charge in [0, 0.05) is 10.9 Å². The molecule has 0 saturated heterocycles. The van der Waals surface area contributed by atoms with Gasteiger partial charge in [0.2, 0.25) is 0 Å². The van der Waals surface area contributed by atoms with Crippen LogP contribution in [0.2, 0.25) is 0 Å². The first kappa shape index (κ1) is 20.7. The van der Waals surface area contributed by atoms with E-state index in [0.717, 1.165) is 44.6 Å². The predicted octanol–water partition coefficient (Wildman–Crippen LogP) is 5.32. The molecule has 4 aromatic rings. The minimum absolute atomic E-state index is 0.297. The van der Waals surface area contributed by atoms with E-state index < -0.39 is 5.97 Å². The lowest BCUT2D eigenvalue weighted by molar-refractivity contribution is 0.0605. The number of fused-ring (bicyclic) bond motifs is 1. The molecule has 0 aliphatic carbocycles. The number of pyridine rings is 1. The van der Waals surface area contributed by atoms with Gasteiger partial charge in [0.15, 0.2) is 5.13 Å². The fourth-order valence-corrected chi connectivity index (χ4v) is 4.36. The lowest BCUT2D eigenvalue weighted by Gasteiger charge is -2.14. The molecule has 2 heterocycles. The number of amides is 1. The summed E-state index contributed by atoms with van der Waals surface area (Å²) in [6.45, 7) is 5.64. The number of hydrogen-bond donors (Lipinski definition) is 1. The molecule has 0 bridgehead atoms. The number of esters is 1. The van der Waals surface area contributed by atoms with Crippen LogP contribution in [0.25, 0.3) is 22.2 Å². The van der Waals surface area contributed by atoms with Crippen molar-refractivity contribution in [2.45, 2.75) is 20.8 Å². The van der Waals surface area contributed by atoms with Gasteiger partial charge in [-0.25, -0.2) is 14.8 Å². The molecule has 1 amide bonds. The molecule has 0 aliphatic heterocycles. The molecule has 0 aliphatic rings. The highest BCUT2D eigenvalue weighted by atomic mass is 32.1. The van der Waals surface area contributed by atoms with Gasteiger partial charge in [0.1, 0.15) is 4.88 Å². The lowest BCUT2D eigenvalue weighted by Crippen LogP contribution is -2.15. The fraction of sp³-hybridized carbons (Fsp3) is 0.167. The Morgan fingerprint density at radius 2 is 1.68 bits per heavy atom. The molecule has 0 saturated carbocycles. The number of aryl methyl sites for hydroxylation is 2. The van der Waals surface area contributed by atoms with Gasteiger partial charge in [0.25, 0.3) is 5.91 Å². The maximum atomic E-state index is 13.4. The normalized spacial score (nSPS) is 10.8. The average Bonchev–Trinajstić information content (AvgIpc) is 3.13. The number of hydrogen-bond acceptors (Lipinski definition) is 6. The minimum atomic E-state index is -0.470. The van der Waals surface area contributed by atoms with Gasteiger partial charge in [0.05, 0.1) is 29.6 Å². The predicted molar refractivity (Wildman–Crippen MR) is 123 cm³/mol. The van der Waals surface area contributed by atoms with E-state index >= 15 is 0 Å². The zero-order chi connectivity index (χ0) is 22.1. The summed E-state index contributed by atoms with van der Waals surface area (Å²) in [5, 5.41) is 3.96. The first-order valence-corrected chi connectivity index (χ1v) is 10.5. The van der Waals surface area contributed by atoms with E-state index in [4.69, 9.17) is 9.72 Å². The lowest BCUT2D eigenvalue weighted by atomic mass is 9.97. The van der Waals surface area contributed by atoms with Crippen molar-refractivity contribution in [3.05, 3.63) is 75.8 Å². The highest BCUT2D eigenvalue weighted by Gasteiger charge is 2.22. The van der Waals surface area contributed by atoms with E-state index in [1.165, 1.54) is 7.11 Å². The van der Waals surface area contributed by atoms with Crippen molar-refractivity contribution >= 4 is 39.2 Å². The number of aromatic nitrogens is 2. The molecular weight excluding hydrogens is 410 g/mol. The van der Waals surface area contributed by atoms with Crippen LogP contribution in [-0.2, 0) is 4.74 Å². The van der Waals surface area contributed by atoms with Crippen LogP contribution in [0.5, 0.6) is 0 Å². The largest absolute Gasteiger partial charge is 0.465 e. The Bertz CT molecular complexity index is 1310. The van der Waals surface area contributed by atoms with Gasteiger partial charge < -0.3 is 4.74 Å². The minimum Gasteiger partial charge on any atom is -0.465 e. The van der Waals surface area contributed by atoms with Crippen LogP contribution in [0.15, 0.2) is 48.5 Å². The summed E-state index contributed by atoms with van der Waals surface area (Å²) in [7, 11) is 1.32. The Morgan fingerprint density at radius 1 is 0.968 bits per heavy atom. The summed E-state index contributed by atoms with van der Waals surface area (Å²) in [5.74, 6) is -0.766. The summed E-state index contributed by atoms with van der Waals surface area (Å²) in [5.41, 5.74) is 5.43. The summed E-state index contributed by atoms with van der Waals surface area (Å²) in [6.07, 6.45) is 0.